The van der Waals surface area contributed by atoms with Gasteiger partial charge in [-0.3, -0.25) is 0 Å². The van der Waals surface area contributed by atoms with Gasteiger partial charge < -0.3 is 20.1 Å². The summed E-state index contributed by atoms with van der Waals surface area (Å²) in [5.41, 5.74) is 2.71. The van der Waals surface area contributed by atoms with Gasteiger partial charge in [-0.1, -0.05) is 0 Å². The summed E-state index contributed by atoms with van der Waals surface area (Å²) in [6.45, 7) is 2.03. The molecule has 0 saturated heterocycles. The van der Waals surface area contributed by atoms with Gasteiger partial charge in [-0.05, 0) is 56.2 Å². The molecule has 0 bridgehead atoms. The number of nitrogens with one attached hydrogen (secondary N) is 2. The molecule has 4 heteroatoms. The molecule has 1 heterocycles. The maximum atomic E-state index is 5.39. The molecule has 0 spiro atoms. The van der Waals surface area contributed by atoms with E-state index in [1.807, 2.05) is 7.05 Å². The van der Waals surface area contributed by atoms with Gasteiger partial charge in [-0.15, -0.1) is 0 Å². The van der Waals surface area contributed by atoms with Crippen molar-refractivity contribution in [2.75, 3.05) is 34.4 Å². The minimum atomic E-state index is 0.404. The molecule has 0 fully saturated rings. The van der Waals surface area contributed by atoms with Crippen molar-refractivity contribution in [2.45, 2.75) is 18.9 Å². The number of rotatable bonds is 5. The summed E-state index contributed by atoms with van der Waals surface area (Å²) in [5, 5.41) is 6.76. The zero-order chi connectivity index (χ0) is 13.0. The van der Waals surface area contributed by atoms with Crippen molar-refractivity contribution in [1.29, 1.82) is 0 Å². The first-order valence-electron chi connectivity index (χ1n) is 6.43. The number of benzene rings is 1. The van der Waals surface area contributed by atoms with Crippen molar-refractivity contribution >= 4 is 0 Å². The van der Waals surface area contributed by atoms with Crippen LogP contribution >= 0.6 is 0 Å². The Balaban J connectivity index is 2.31. The standard InChI is InChI=1S/C14H22N2O2/c1-15-6-5-12-11-9-14(18-3)13(17-2)8-10(11)4-7-16-12/h8-9,12,15-16H,4-7H2,1-3H3/t12-/m1/s1. The van der Waals surface area contributed by atoms with Crippen molar-refractivity contribution in [1.82, 2.24) is 10.6 Å². The summed E-state index contributed by atoms with van der Waals surface area (Å²) < 4.78 is 10.7. The van der Waals surface area contributed by atoms with Gasteiger partial charge in [0.2, 0.25) is 0 Å². The highest BCUT2D eigenvalue weighted by Crippen LogP contribution is 2.35. The Hall–Kier alpha value is -1.26. The zero-order valence-corrected chi connectivity index (χ0v) is 11.4. The lowest BCUT2D eigenvalue weighted by Crippen LogP contribution is -2.31. The molecule has 2 rings (SSSR count). The van der Waals surface area contributed by atoms with Crippen molar-refractivity contribution in [3.63, 3.8) is 0 Å². The fraction of sp³-hybridized carbons (Fsp3) is 0.571. The average molecular weight is 250 g/mol. The average Bonchev–Trinajstić information content (AvgIpc) is 2.43. The molecule has 100 valence electrons. The normalized spacial score (nSPS) is 18.3. The maximum absolute atomic E-state index is 5.39. The van der Waals surface area contributed by atoms with Crippen molar-refractivity contribution in [2.24, 2.45) is 0 Å². The van der Waals surface area contributed by atoms with E-state index in [4.69, 9.17) is 9.47 Å². The first kappa shape index (κ1) is 13.2. The number of hydrogen-bond donors (Lipinski definition) is 2. The molecule has 0 amide bonds. The second-order valence-electron chi connectivity index (χ2n) is 4.55. The molecule has 18 heavy (non-hydrogen) atoms. The molecule has 1 atom stereocenters. The lowest BCUT2D eigenvalue weighted by molar-refractivity contribution is 0.351. The van der Waals surface area contributed by atoms with Crippen LogP contribution in [0, 0.1) is 0 Å². The third-order valence-electron chi connectivity index (χ3n) is 3.49. The smallest absolute Gasteiger partial charge is 0.161 e. The van der Waals surface area contributed by atoms with Crippen molar-refractivity contribution in [3.8, 4) is 11.5 Å². The Kier molecular flexibility index (Phi) is 4.44. The first-order valence-corrected chi connectivity index (χ1v) is 6.43. The highest BCUT2D eigenvalue weighted by atomic mass is 16.5. The van der Waals surface area contributed by atoms with Crippen LogP contribution in [-0.2, 0) is 6.42 Å². The molecule has 0 radical (unpaired) electrons. The van der Waals surface area contributed by atoms with E-state index in [-0.39, 0.29) is 0 Å². The molecular weight excluding hydrogens is 228 g/mol. The quantitative estimate of drug-likeness (QED) is 0.831. The number of ether oxygens (including phenoxy) is 2. The Labute approximate surface area is 109 Å². The van der Waals surface area contributed by atoms with Crippen molar-refractivity contribution < 1.29 is 9.47 Å². The summed E-state index contributed by atoms with van der Waals surface area (Å²) in [7, 11) is 5.35. The molecule has 0 saturated carbocycles. The third-order valence-corrected chi connectivity index (χ3v) is 3.49. The van der Waals surface area contributed by atoms with Crippen LogP contribution in [-0.4, -0.2) is 34.4 Å². The third kappa shape index (κ3) is 2.60. The summed E-state index contributed by atoms with van der Waals surface area (Å²) in [6.07, 6.45) is 2.13. The van der Waals surface area contributed by atoms with E-state index in [0.717, 1.165) is 37.4 Å². The van der Waals surface area contributed by atoms with Gasteiger partial charge in [-0.2, -0.15) is 0 Å². The molecule has 1 aliphatic heterocycles. The molecule has 1 aromatic carbocycles. The monoisotopic (exact) mass is 250 g/mol. The molecular formula is C14H22N2O2. The van der Waals surface area contributed by atoms with Crippen LogP contribution in [0.15, 0.2) is 12.1 Å². The van der Waals surface area contributed by atoms with Gasteiger partial charge in [-0.25, -0.2) is 0 Å². The first-order chi connectivity index (χ1) is 8.80. The van der Waals surface area contributed by atoms with E-state index < -0.39 is 0 Å². The predicted molar refractivity (Wildman–Crippen MR) is 72.5 cm³/mol. The van der Waals surface area contributed by atoms with Gasteiger partial charge in [0, 0.05) is 6.04 Å². The van der Waals surface area contributed by atoms with Crippen LogP contribution in [0.2, 0.25) is 0 Å². The molecule has 2 N–H and O–H groups in total. The summed E-state index contributed by atoms with van der Waals surface area (Å²) in [4.78, 5) is 0. The number of fused-ring (bicyclic) bond motifs is 1. The topological polar surface area (TPSA) is 42.5 Å². The van der Waals surface area contributed by atoms with Gasteiger partial charge in [0.1, 0.15) is 0 Å². The van der Waals surface area contributed by atoms with Crippen LogP contribution in [0.3, 0.4) is 0 Å². The van der Waals surface area contributed by atoms with Gasteiger partial charge in [0.05, 0.1) is 14.2 Å². The van der Waals surface area contributed by atoms with E-state index in [9.17, 15) is 0 Å². The molecule has 0 aromatic heterocycles. The molecule has 1 aromatic rings. The van der Waals surface area contributed by atoms with Crippen molar-refractivity contribution in [3.05, 3.63) is 23.3 Å². The van der Waals surface area contributed by atoms with E-state index in [1.54, 1.807) is 14.2 Å². The maximum Gasteiger partial charge on any atom is 0.161 e. The number of hydrogen-bond acceptors (Lipinski definition) is 4. The second kappa shape index (κ2) is 6.07. The largest absolute Gasteiger partial charge is 0.493 e. The van der Waals surface area contributed by atoms with Gasteiger partial charge in [0.15, 0.2) is 11.5 Å². The summed E-state index contributed by atoms with van der Waals surface area (Å²) in [5.74, 6) is 1.64. The van der Waals surface area contributed by atoms with Crippen LogP contribution in [0.25, 0.3) is 0 Å². The van der Waals surface area contributed by atoms with E-state index in [2.05, 4.69) is 22.8 Å². The zero-order valence-electron chi connectivity index (χ0n) is 11.4. The van der Waals surface area contributed by atoms with Gasteiger partial charge >= 0.3 is 0 Å². The summed E-state index contributed by atoms with van der Waals surface area (Å²) >= 11 is 0. The predicted octanol–water partition coefficient (Wildman–Crippen LogP) is 1.50. The minimum Gasteiger partial charge on any atom is -0.493 e. The summed E-state index contributed by atoms with van der Waals surface area (Å²) in [6, 6.07) is 4.63. The van der Waals surface area contributed by atoms with Crippen LogP contribution in [0.4, 0.5) is 0 Å². The fourth-order valence-electron chi connectivity index (χ4n) is 2.51. The SMILES string of the molecule is CNCC[C@H]1NCCc2cc(OC)c(OC)cc21. The van der Waals surface area contributed by atoms with Crippen LogP contribution in [0.5, 0.6) is 11.5 Å². The Morgan fingerprint density at radius 3 is 2.67 bits per heavy atom. The Morgan fingerprint density at radius 1 is 1.28 bits per heavy atom. The lowest BCUT2D eigenvalue weighted by atomic mass is 9.92. The molecule has 4 nitrogen and oxygen atoms in total. The van der Waals surface area contributed by atoms with Gasteiger partial charge in [0.25, 0.3) is 0 Å². The minimum absolute atomic E-state index is 0.404. The van der Waals surface area contributed by atoms with E-state index in [1.165, 1.54) is 11.1 Å². The number of methoxy groups -OCH3 is 2. The second-order valence-corrected chi connectivity index (χ2v) is 4.55. The van der Waals surface area contributed by atoms with Crippen LogP contribution < -0.4 is 20.1 Å². The van der Waals surface area contributed by atoms with E-state index in [0.29, 0.717) is 6.04 Å². The molecule has 0 aliphatic carbocycles. The molecule has 0 unspecified atom stereocenters. The van der Waals surface area contributed by atoms with E-state index >= 15 is 0 Å². The fourth-order valence-corrected chi connectivity index (χ4v) is 2.51. The highest BCUT2D eigenvalue weighted by molar-refractivity contribution is 5.49. The Morgan fingerprint density at radius 2 is 2.00 bits per heavy atom. The highest BCUT2D eigenvalue weighted by Gasteiger charge is 2.21. The lowest BCUT2D eigenvalue weighted by Gasteiger charge is -2.28. The molecule has 1 aliphatic rings. The Bertz CT molecular complexity index is 407. The van der Waals surface area contributed by atoms with Crippen LogP contribution in [0.1, 0.15) is 23.6 Å².